The van der Waals surface area contributed by atoms with Gasteiger partial charge in [-0.05, 0) is 12.1 Å². The number of hydrogen-bond acceptors (Lipinski definition) is 4. The molecule has 0 aliphatic heterocycles. The molecule has 0 amide bonds. The molecule has 5 nitrogen and oxygen atoms in total. The molecule has 0 bridgehead atoms. The Morgan fingerprint density at radius 3 is 2.78 bits per heavy atom. The molecule has 2 aromatic rings. The number of imidazole rings is 1. The highest BCUT2D eigenvalue weighted by Crippen LogP contribution is 2.15. The van der Waals surface area contributed by atoms with Gasteiger partial charge >= 0.3 is 6.55 Å². The third kappa shape index (κ3) is 2.80. The smallest absolute Gasteiger partial charge is 0.320 e. The summed E-state index contributed by atoms with van der Waals surface area (Å²) < 4.78 is 31.0. The van der Waals surface area contributed by atoms with Crippen LogP contribution >= 0.6 is 0 Å². The molecule has 1 N–H and O–H groups in total. The summed E-state index contributed by atoms with van der Waals surface area (Å²) in [7, 11) is 0. The maximum Gasteiger partial charge on any atom is 0.320 e. The van der Waals surface area contributed by atoms with Crippen LogP contribution in [0, 0.1) is 0 Å². The fourth-order valence-corrected chi connectivity index (χ4v) is 1.37. The monoisotopic (exact) mass is 255 g/mol. The van der Waals surface area contributed by atoms with E-state index in [2.05, 4.69) is 9.97 Å². The normalized spacial score (nSPS) is 10.9. The number of aromatic nitrogens is 3. The zero-order chi connectivity index (χ0) is 13.0. The van der Waals surface area contributed by atoms with Gasteiger partial charge in [-0.3, -0.25) is 9.55 Å². The summed E-state index contributed by atoms with van der Waals surface area (Å²) >= 11 is 0. The highest BCUT2D eigenvalue weighted by Gasteiger charge is 2.11. The van der Waals surface area contributed by atoms with Crippen molar-refractivity contribution in [2.45, 2.75) is 19.8 Å². The third-order valence-corrected chi connectivity index (χ3v) is 2.29. The van der Waals surface area contributed by atoms with Crippen LogP contribution in [0.2, 0.25) is 0 Å². The van der Waals surface area contributed by atoms with E-state index in [9.17, 15) is 8.78 Å². The van der Waals surface area contributed by atoms with Crippen molar-refractivity contribution in [1.29, 1.82) is 0 Å². The van der Waals surface area contributed by atoms with Crippen LogP contribution in [-0.4, -0.2) is 19.6 Å². The molecule has 2 heterocycles. The molecule has 0 unspecified atom stereocenters. The Bertz CT molecular complexity index is 499. The second kappa shape index (κ2) is 5.54. The average Bonchev–Trinajstić information content (AvgIpc) is 2.85. The molecule has 0 spiro atoms. The number of pyridine rings is 1. The maximum atomic E-state index is 12.5. The van der Waals surface area contributed by atoms with Crippen molar-refractivity contribution in [2.75, 3.05) is 0 Å². The van der Waals surface area contributed by atoms with Crippen molar-refractivity contribution in [3.05, 3.63) is 42.2 Å². The number of halogens is 2. The average molecular weight is 255 g/mol. The predicted molar refractivity (Wildman–Crippen MR) is 58.0 cm³/mol. The van der Waals surface area contributed by atoms with Crippen LogP contribution in [0.1, 0.15) is 18.1 Å². The van der Waals surface area contributed by atoms with E-state index in [0.717, 1.165) is 4.57 Å². The zero-order valence-electron chi connectivity index (χ0n) is 9.33. The lowest BCUT2D eigenvalue weighted by Crippen LogP contribution is -2.07. The van der Waals surface area contributed by atoms with Gasteiger partial charge in [-0.25, -0.2) is 4.98 Å². The Kier molecular flexibility index (Phi) is 3.83. The second-order valence-electron chi connectivity index (χ2n) is 3.46. The SMILES string of the molecule is OCc1ccc(OCc2nccn2C(F)F)cn1. The molecule has 18 heavy (non-hydrogen) atoms. The van der Waals surface area contributed by atoms with Crippen LogP contribution in [-0.2, 0) is 13.2 Å². The van der Waals surface area contributed by atoms with Crippen molar-refractivity contribution in [3.8, 4) is 5.75 Å². The summed E-state index contributed by atoms with van der Waals surface area (Å²) in [5.41, 5.74) is 0.511. The first kappa shape index (κ1) is 12.4. The summed E-state index contributed by atoms with van der Waals surface area (Å²) in [6.07, 6.45) is 3.90. The van der Waals surface area contributed by atoms with Crippen molar-refractivity contribution in [1.82, 2.24) is 14.5 Å². The minimum atomic E-state index is -2.64. The topological polar surface area (TPSA) is 60.2 Å². The molecule has 0 aliphatic rings. The van der Waals surface area contributed by atoms with Crippen molar-refractivity contribution >= 4 is 0 Å². The molecule has 0 aliphatic carbocycles. The Morgan fingerprint density at radius 1 is 1.33 bits per heavy atom. The fourth-order valence-electron chi connectivity index (χ4n) is 1.37. The standard InChI is InChI=1S/C11H11F2N3O2/c12-11(13)16-4-3-14-10(16)7-18-9-2-1-8(6-17)15-5-9/h1-5,11,17H,6-7H2. The molecular formula is C11H11F2N3O2. The summed E-state index contributed by atoms with van der Waals surface area (Å²) in [4.78, 5) is 7.69. The van der Waals surface area contributed by atoms with Gasteiger partial charge in [0, 0.05) is 12.4 Å². The van der Waals surface area contributed by atoms with Crippen LogP contribution in [0.4, 0.5) is 8.78 Å². The zero-order valence-corrected chi connectivity index (χ0v) is 9.33. The third-order valence-electron chi connectivity index (χ3n) is 2.29. The van der Waals surface area contributed by atoms with Gasteiger partial charge in [0.15, 0.2) is 5.82 Å². The highest BCUT2D eigenvalue weighted by molar-refractivity contribution is 5.19. The van der Waals surface area contributed by atoms with Gasteiger partial charge in [-0.1, -0.05) is 0 Å². The van der Waals surface area contributed by atoms with Crippen molar-refractivity contribution < 1.29 is 18.6 Å². The van der Waals surface area contributed by atoms with E-state index in [-0.39, 0.29) is 19.0 Å². The molecule has 0 atom stereocenters. The largest absolute Gasteiger partial charge is 0.484 e. The Morgan fingerprint density at radius 2 is 2.17 bits per heavy atom. The van der Waals surface area contributed by atoms with Gasteiger partial charge in [0.25, 0.3) is 0 Å². The predicted octanol–water partition coefficient (Wildman–Crippen LogP) is 1.74. The van der Waals surface area contributed by atoms with E-state index < -0.39 is 6.55 Å². The first-order chi connectivity index (χ1) is 8.70. The number of ether oxygens (including phenoxy) is 1. The van der Waals surface area contributed by atoms with Crippen LogP contribution in [0.5, 0.6) is 5.75 Å². The van der Waals surface area contributed by atoms with Crippen LogP contribution in [0.3, 0.4) is 0 Å². The number of rotatable bonds is 5. The molecule has 0 saturated carbocycles. The summed E-state index contributed by atoms with van der Waals surface area (Å²) in [5, 5.41) is 8.81. The van der Waals surface area contributed by atoms with Gasteiger partial charge in [-0.2, -0.15) is 8.78 Å². The van der Waals surface area contributed by atoms with E-state index in [1.807, 2.05) is 0 Å². The first-order valence-corrected chi connectivity index (χ1v) is 5.19. The first-order valence-electron chi connectivity index (χ1n) is 5.19. The van der Waals surface area contributed by atoms with E-state index in [1.54, 1.807) is 12.1 Å². The van der Waals surface area contributed by atoms with Crippen LogP contribution < -0.4 is 4.74 Å². The number of hydrogen-bond donors (Lipinski definition) is 1. The van der Waals surface area contributed by atoms with Gasteiger partial charge in [0.1, 0.15) is 12.4 Å². The minimum absolute atomic E-state index is 0.0719. The summed E-state index contributed by atoms with van der Waals surface area (Å²) in [6, 6.07) is 3.20. The van der Waals surface area contributed by atoms with Gasteiger partial charge < -0.3 is 9.84 Å². The second-order valence-corrected chi connectivity index (χ2v) is 3.46. The lowest BCUT2D eigenvalue weighted by atomic mass is 10.3. The molecule has 2 rings (SSSR count). The van der Waals surface area contributed by atoms with Crippen molar-refractivity contribution in [3.63, 3.8) is 0 Å². The molecule has 2 aromatic heterocycles. The highest BCUT2D eigenvalue weighted by atomic mass is 19.3. The summed E-state index contributed by atoms with van der Waals surface area (Å²) in [5.74, 6) is 0.562. The Labute approximate surface area is 102 Å². The van der Waals surface area contributed by atoms with Gasteiger partial charge in [-0.15, -0.1) is 0 Å². The lowest BCUT2D eigenvalue weighted by Gasteiger charge is -2.08. The molecule has 0 aromatic carbocycles. The molecule has 96 valence electrons. The van der Waals surface area contributed by atoms with Crippen LogP contribution in [0.25, 0.3) is 0 Å². The van der Waals surface area contributed by atoms with Gasteiger partial charge in [0.2, 0.25) is 0 Å². The molecule has 7 heteroatoms. The molecule has 0 saturated heterocycles. The lowest BCUT2D eigenvalue weighted by molar-refractivity contribution is 0.0632. The Hall–Kier alpha value is -2.02. The number of nitrogens with zero attached hydrogens (tertiary/aromatic N) is 3. The number of alkyl halides is 2. The maximum absolute atomic E-state index is 12.5. The van der Waals surface area contributed by atoms with E-state index in [0.29, 0.717) is 11.4 Å². The van der Waals surface area contributed by atoms with Crippen LogP contribution in [0.15, 0.2) is 30.7 Å². The van der Waals surface area contributed by atoms with E-state index >= 15 is 0 Å². The van der Waals surface area contributed by atoms with Gasteiger partial charge in [0.05, 0.1) is 18.5 Å². The fraction of sp³-hybridized carbons (Fsp3) is 0.273. The molecule has 0 fully saturated rings. The Balaban J connectivity index is 2.00. The number of aliphatic hydroxyl groups excluding tert-OH is 1. The van der Waals surface area contributed by atoms with E-state index in [4.69, 9.17) is 9.84 Å². The summed E-state index contributed by atoms with van der Waals surface area (Å²) in [6.45, 7) is -2.87. The number of aliphatic hydroxyl groups is 1. The minimum Gasteiger partial charge on any atom is -0.484 e. The van der Waals surface area contributed by atoms with E-state index in [1.165, 1.54) is 18.6 Å². The van der Waals surface area contributed by atoms with Crippen molar-refractivity contribution in [2.24, 2.45) is 0 Å². The molecular weight excluding hydrogens is 244 g/mol. The quantitative estimate of drug-likeness (QED) is 0.884. The molecule has 0 radical (unpaired) electrons.